The number of hydrogen-bond donors (Lipinski definition) is 0. The summed E-state index contributed by atoms with van der Waals surface area (Å²) in [5.74, 6) is -0.115. The number of halogens is 2. The molecular formula is C16H11Cl2N3O. The van der Waals surface area contributed by atoms with Crippen molar-refractivity contribution in [2.45, 2.75) is 6.04 Å². The predicted octanol–water partition coefficient (Wildman–Crippen LogP) is 4.06. The van der Waals surface area contributed by atoms with Crippen LogP contribution in [0.2, 0.25) is 10.0 Å². The highest BCUT2D eigenvalue weighted by molar-refractivity contribution is 6.35. The maximum absolute atomic E-state index is 12.9. The molecule has 0 aliphatic heterocycles. The molecule has 3 aromatic rings. The van der Waals surface area contributed by atoms with Gasteiger partial charge in [-0.1, -0.05) is 59.6 Å². The van der Waals surface area contributed by atoms with Crippen molar-refractivity contribution in [1.82, 2.24) is 14.8 Å². The molecule has 0 saturated carbocycles. The largest absolute Gasteiger partial charge is 0.291 e. The van der Waals surface area contributed by atoms with Gasteiger partial charge < -0.3 is 0 Å². The summed E-state index contributed by atoms with van der Waals surface area (Å²) in [6.45, 7) is 0. The van der Waals surface area contributed by atoms with Gasteiger partial charge in [-0.15, -0.1) is 0 Å². The first-order valence-corrected chi connectivity index (χ1v) is 7.31. The molecule has 0 amide bonds. The lowest BCUT2D eigenvalue weighted by Crippen LogP contribution is -2.22. The summed E-state index contributed by atoms with van der Waals surface area (Å²) < 4.78 is 1.49. The second-order valence-electron chi connectivity index (χ2n) is 4.67. The van der Waals surface area contributed by atoms with Crippen LogP contribution in [-0.4, -0.2) is 20.5 Å². The summed E-state index contributed by atoms with van der Waals surface area (Å²) in [5, 5.41) is 5.02. The van der Waals surface area contributed by atoms with E-state index in [1.54, 1.807) is 30.3 Å². The first-order chi connectivity index (χ1) is 10.7. The second-order valence-corrected chi connectivity index (χ2v) is 5.52. The summed E-state index contributed by atoms with van der Waals surface area (Å²) in [4.78, 5) is 16.8. The number of aromatic nitrogens is 3. The molecular weight excluding hydrogens is 321 g/mol. The molecule has 1 unspecified atom stereocenters. The van der Waals surface area contributed by atoms with Crippen molar-refractivity contribution >= 4 is 29.0 Å². The molecule has 0 saturated heterocycles. The third-order valence-electron chi connectivity index (χ3n) is 3.26. The Morgan fingerprint density at radius 2 is 1.86 bits per heavy atom. The van der Waals surface area contributed by atoms with E-state index >= 15 is 0 Å². The van der Waals surface area contributed by atoms with E-state index in [2.05, 4.69) is 10.1 Å². The Kier molecular flexibility index (Phi) is 4.22. The van der Waals surface area contributed by atoms with E-state index < -0.39 is 6.04 Å². The van der Waals surface area contributed by atoms with E-state index in [1.165, 1.54) is 17.3 Å². The Bertz CT molecular complexity index is 788. The lowest BCUT2D eigenvalue weighted by Gasteiger charge is -2.18. The SMILES string of the molecule is O=C(c1ccccc1)C(c1ccc(Cl)cc1Cl)n1cncn1. The molecule has 3 rings (SSSR count). The van der Waals surface area contributed by atoms with E-state index in [1.807, 2.05) is 18.2 Å². The first-order valence-electron chi connectivity index (χ1n) is 6.55. The van der Waals surface area contributed by atoms with Crippen molar-refractivity contribution in [3.05, 3.63) is 82.4 Å². The maximum atomic E-state index is 12.9. The van der Waals surface area contributed by atoms with Crippen LogP contribution in [0.3, 0.4) is 0 Å². The number of nitrogens with zero attached hydrogens (tertiary/aromatic N) is 3. The molecule has 4 nitrogen and oxygen atoms in total. The third kappa shape index (κ3) is 2.89. The first kappa shape index (κ1) is 14.8. The maximum Gasteiger partial charge on any atom is 0.192 e. The number of carbonyl (C=O) groups excluding carboxylic acids is 1. The highest BCUT2D eigenvalue weighted by Gasteiger charge is 2.26. The highest BCUT2D eigenvalue weighted by Crippen LogP contribution is 2.30. The Balaban J connectivity index is 2.11. The van der Waals surface area contributed by atoms with Gasteiger partial charge in [0.1, 0.15) is 18.7 Å². The number of carbonyl (C=O) groups is 1. The number of rotatable bonds is 4. The molecule has 22 heavy (non-hydrogen) atoms. The van der Waals surface area contributed by atoms with E-state index in [0.717, 1.165) is 0 Å². The molecule has 1 heterocycles. The molecule has 1 atom stereocenters. The van der Waals surface area contributed by atoms with Gasteiger partial charge in [0, 0.05) is 21.2 Å². The van der Waals surface area contributed by atoms with Crippen LogP contribution in [0.25, 0.3) is 0 Å². The summed E-state index contributed by atoms with van der Waals surface area (Å²) in [5.41, 5.74) is 1.21. The van der Waals surface area contributed by atoms with E-state index in [0.29, 0.717) is 21.2 Å². The molecule has 2 aromatic carbocycles. The van der Waals surface area contributed by atoms with Crippen molar-refractivity contribution in [2.75, 3.05) is 0 Å². The lowest BCUT2D eigenvalue weighted by atomic mass is 9.97. The van der Waals surface area contributed by atoms with Crippen molar-refractivity contribution in [3.8, 4) is 0 Å². The minimum atomic E-state index is -0.685. The normalized spacial score (nSPS) is 12.1. The Morgan fingerprint density at radius 1 is 1.09 bits per heavy atom. The van der Waals surface area contributed by atoms with Gasteiger partial charge >= 0.3 is 0 Å². The van der Waals surface area contributed by atoms with Crippen LogP contribution < -0.4 is 0 Å². The summed E-state index contributed by atoms with van der Waals surface area (Å²) in [6, 6.07) is 13.4. The van der Waals surface area contributed by atoms with Crippen LogP contribution in [0.5, 0.6) is 0 Å². The van der Waals surface area contributed by atoms with Gasteiger partial charge in [0.15, 0.2) is 5.78 Å². The zero-order valence-electron chi connectivity index (χ0n) is 11.4. The summed E-state index contributed by atoms with van der Waals surface area (Å²) in [6.07, 6.45) is 2.88. The minimum absolute atomic E-state index is 0.115. The van der Waals surface area contributed by atoms with Crippen LogP contribution in [0.15, 0.2) is 61.2 Å². The van der Waals surface area contributed by atoms with Crippen LogP contribution in [0, 0.1) is 0 Å². The van der Waals surface area contributed by atoms with Crippen molar-refractivity contribution in [2.24, 2.45) is 0 Å². The zero-order chi connectivity index (χ0) is 15.5. The fourth-order valence-electron chi connectivity index (χ4n) is 2.24. The van der Waals surface area contributed by atoms with Gasteiger partial charge in [-0.3, -0.25) is 4.79 Å². The molecule has 0 N–H and O–H groups in total. The zero-order valence-corrected chi connectivity index (χ0v) is 12.9. The van der Waals surface area contributed by atoms with E-state index in [4.69, 9.17) is 23.2 Å². The number of ketones is 1. The smallest absolute Gasteiger partial charge is 0.192 e. The van der Waals surface area contributed by atoms with Gasteiger partial charge in [0.25, 0.3) is 0 Å². The third-order valence-corrected chi connectivity index (χ3v) is 3.83. The standard InChI is InChI=1S/C16H11Cl2N3O/c17-12-6-7-13(14(18)8-12)15(21-10-19-9-20-21)16(22)11-4-2-1-3-5-11/h1-10,15H. The van der Waals surface area contributed by atoms with Crippen molar-refractivity contribution in [1.29, 1.82) is 0 Å². The molecule has 0 aliphatic rings. The average molecular weight is 332 g/mol. The van der Waals surface area contributed by atoms with Gasteiger partial charge in [-0.2, -0.15) is 5.10 Å². The highest BCUT2D eigenvalue weighted by atomic mass is 35.5. The fourth-order valence-corrected chi connectivity index (χ4v) is 2.75. The van der Waals surface area contributed by atoms with Crippen molar-refractivity contribution in [3.63, 3.8) is 0 Å². The minimum Gasteiger partial charge on any atom is -0.291 e. The number of hydrogen-bond acceptors (Lipinski definition) is 3. The molecule has 0 bridgehead atoms. The van der Waals surface area contributed by atoms with Crippen LogP contribution in [0.1, 0.15) is 22.0 Å². The Hall–Kier alpha value is -2.17. The summed E-state index contributed by atoms with van der Waals surface area (Å²) >= 11 is 12.2. The molecule has 1 aromatic heterocycles. The molecule has 0 fully saturated rings. The lowest BCUT2D eigenvalue weighted by molar-refractivity contribution is 0.0939. The van der Waals surface area contributed by atoms with Crippen molar-refractivity contribution < 1.29 is 4.79 Å². The topological polar surface area (TPSA) is 47.8 Å². The quantitative estimate of drug-likeness (QED) is 0.677. The second kappa shape index (κ2) is 6.30. The van der Waals surface area contributed by atoms with E-state index in [-0.39, 0.29) is 5.78 Å². The van der Waals surface area contributed by atoms with Gasteiger partial charge in [-0.05, 0) is 12.1 Å². The molecule has 0 radical (unpaired) electrons. The Morgan fingerprint density at radius 3 is 2.50 bits per heavy atom. The molecule has 0 aliphatic carbocycles. The van der Waals surface area contributed by atoms with Gasteiger partial charge in [-0.25, -0.2) is 9.67 Å². The fraction of sp³-hybridized carbons (Fsp3) is 0.0625. The average Bonchev–Trinajstić information content (AvgIpc) is 3.04. The van der Waals surface area contributed by atoms with Gasteiger partial charge in [0.05, 0.1) is 0 Å². The Labute approximate surface area is 137 Å². The summed E-state index contributed by atoms with van der Waals surface area (Å²) in [7, 11) is 0. The number of benzene rings is 2. The van der Waals surface area contributed by atoms with Crippen LogP contribution in [0.4, 0.5) is 0 Å². The molecule has 6 heteroatoms. The van der Waals surface area contributed by atoms with Gasteiger partial charge in [0.2, 0.25) is 0 Å². The van der Waals surface area contributed by atoms with Crippen LogP contribution >= 0.6 is 23.2 Å². The number of Topliss-reactive ketones (excluding diaryl/α,β-unsaturated/α-hetero) is 1. The monoisotopic (exact) mass is 331 g/mol. The molecule has 0 spiro atoms. The molecule has 110 valence electrons. The van der Waals surface area contributed by atoms with Crippen LogP contribution in [-0.2, 0) is 0 Å². The van der Waals surface area contributed by atoms with E-state index in [9.17, 15) is 4.79 Å². The predicted molar refractivity (Wildman–Crippen MR) is 85.4 cm³/mol.